The molecule has 0 aliphatic rings. The summed E-state index contributed by atoms with van der Waals surface area (Å²) in [6, 6.07) is 9.72. The number of aromatic nitrogens is 3. The fraction of sp³-hybridized carbons (Fsp3) is 0.261. The van der Waals surface area contributed by atoms with Crippen molar-refractivity contribution in [3.05, 3.63) is 53.9 Å². The summed E-state index contributed by atoms with van der Waals surface area (Å²) in [7, 11) is 0. The maximum Gasteiger partial charge on any atom is 0.303 e. The van der Waals surface area contributed by atoms with E-state index in [0.717, 1.165) is 32.0 Å². The highest BCUT2D eigenvalue weighted by Crippen LogP contribution is 2.38. The van der Waals surface area contributed by atoms with Crippen molar-refractivity contribution in [2.24, 2.45) is 0 Å². The normalized spacial score (nSPS) is 11.4. The van der Waals surface area contributed by atoms with Crippen molar-refractivity contribution in [3.8, 4) is 26.8 Å². The number of hydrogen-bond donors (Lipinski definition) is 1. The topological polar surface area (TPSA) is 77.2 Å². The molecule has 8 heteroatoms. The van der Waals surface area contributed by atoms with Crippen molar-refractivity contribution >= 4 is 39.9 Å². The van der Waals surface area contributed by atoms with Crippen LogP contribution >= 0.6 is 22.9 Å². The van der Waals surface area contributed by atoms with Crippen LogP contribution in [0.25, 0.3) is 32.0 Å². The minimum absolute atomic E-state index is 0.0559. The Hall–Kier alpha value is -2.90. The van der Waals surface area contributed by atoms with Gasteiger partial charge in [0.25, 0.3) is 0 Å². The second-order valence-electron chi connectivity index (χ2n) is 7.44. The molecular weight excluding hydrogens is 434 g/mol. The van der Waals surface area contributed by atoms with Gasteiger partial charge in [-0.2, -0.15) is 0 Å². The molecule has 0 radical (unpaired) electrons. The summed E-state index contributed by atoms with van der Waals surface area (Å²) < 4.78 is 7.71. The average molecular weight is 456 g/mol. The first-order chi connectivity index (χ1) is 14.9. The number of benzene rings is 1. The number of rotatable bonds is 8. The van der Waals surface area contributed by atoms with E-state index in [4.69, 9.17) is 21.4 Å². The fourth-order valence-corrected chi connectivity index (χ4v) is 4.58. The van der Waals surface area contributed by atoms with Crippen molar-refractivity contribution in [2.45, 2.75) is 39.3 Å². The van der Waals surface area contributed by atoms with Crippen LogP contribution in [0.1, 0.15) is 26.7 Å². The van der Waals surface area contributed by atoms with E-state index in [1.54, 1.807) is 17.5 Å². The summed E-state index contributed by atoms with van der Waals surface area (Å²) in [4.78, 5) is 20.9. The molecule has 0 aliphatic heterocycles. The number of aryl methyl sites for hydroxylation is 1. The molecule has 0 saturated heterocycles. The molecule has 0 bridgehead atoms. The van der Waals surface area contributed by atoms with Gasteiger partial charge in [0, 0.05) is 48.1 Å². The van der Waals surface area contributed by atoms with Gasteiger partial charge >= 0.3 is 5.97 Å². The third-order valence-corrected chi connectivity index (χ3v) is 6.14. The Morgan fingerprint density at radius 1 is 1.26 bits per heavy atom. The zero-order valence-electron chi connectivity index (χ0n) is 17.2. The number of nitrogens with zero attached hydrogens (tertiary/aromatic N) is 3. The molecule has 0 saturated carbocycles. The number of thiazole rings is 1. The predicted octanol–water partition coefficient (Wildman–Crippen LogP) is 6.13. The van der Waals surface area contributed by atoms with E-state index < -0.39 is 5.97 Å². The van der Waals surface area contributed by atoms with Crippen LogP contribution in [-0.4, -0.2) is 31.7 Å². The lowest BCUT2D eigenvalue weighted by molar-refractivity contribution is -0.137. The minimum Gasteiger partial charge on any atom is -0.489 e. The summed E-state index contributed by atoms with van der Waals surface area (Å²) in [6.07, 6.45) is 6.36. The van der Waals surface area contributed by atoms with Crippen LogP contribution in [0, 0.1) is 0 Å². The van der Waals surface area contributed by atoms with Gasteiger partial charge in [0.1, 0.15) is 16.4 Å². The van der Waals surface area contributed by atoms with Gasteiger partial charge < -0.3 is 14.4 Å². The molecule has 160 valence electrons. The fourth-order valence-electron chi connectivity index (χ4n) is 3.40. The van der Waals surface area contributed by atoms with Crippen molar-refractivity contribution in [2.75, 3.05) is 0 Å². The van der Waals surface area contributed by atoms with Gasteiger partial charge in [0.05, 0.1) is 16.0 Å². The summed E-state index contributed by atoms with van der Waals surface area (Å²) in [5.74, 6) is -0.122. The Labute approximate surface area is 189 Å². The number of hydrogen-bond acceptors (Lipinski definition) is 5. The molecule has 0 atom stereocenters. The third-order valence-electron chi connectivity index (χ3n) is 4.76. The van der Waals surface area contributed by atoms with Crippen LogP contribution in [0.15, 0.2) is 48.9 Å². The van der Waals surface area contributed by atoms with Crippen LogP contribution in [0.5, 0.6) is 5.75 Å². The van der Waals surface area contributed by atoms with Crippen LogP contribution in [-0.2, 0) is 11.3 Å². The van der Waals surface area contributed by atoms with Crippen molar-refractivity contribution in [1.82, 2.24) is 14.5 Å². The van der Waals surface area contributed by atoms with Gasteiger partial charge in [0.15, 0.2) is 0 Å². The van der Waals surface area contributed by atoms with E-state index >= 15 is 0 Å². The Bertz CT molecular complexity index is 1230. The monoisotopic (exact) mass is 455 g/mol. The van der Waals surface area contributed by atoms with Crippen molar-refractivity contribution in [1.29, 1.82) is 0 Å². The Balaban J connectivity index is 1.61. The molecule has 31 heavy (non-hydrogen) atoms. The van der Waals surface area contributed by atoms with E-state index in [-0.39, 0.29) is 12.5 Å². The average Bonchev–Trinajstić information content (AvgIpc) is 3.36. The zero-order chi connectivity index (χ0) is 22.0. The predicted molar refractivity (Wildman–Crippen MR) is 124 cm³/mol. The minimum atomic E-state index is -0.786. The number of ether oxygens (including phenoxy) is 1. The molecular formula is C23H22ClN3O3S. The molecule has 3 heterocycles. The second-order valence-corrected chi connectivity index (χ2v) is 8.88. The highest BCUT2D eigenvalue weighted by Gasteiger charge is 2.14. The summed E-state index contributed by atoms with van der Waals surface area (Å²) in [5, 5.41) is 11.3. The summed E-state index contributed by atoms with van der Waals surface area (Å²) >= 11 is 7.98. The van der Waals surface area contributed by atoms with Crippen LogP contribution in [0.2, 0.25) is 5.02 Å². The first-order valence-electron chi connectivity index (χ1n) is 10.0. The van der Waals surface area contributed by atoms with Crippen LogP contribution in [0.4, 0.5) is 0 Å². The molecule has 1 aromatic carbocycles. The number of pyridine rings is 1. The molecule has 0 aliphatic carbocycles. The number of carboxylic acid groups (broad SMARTS) is 1. The smallest absolute Gasteiger partial charge is 0.303 e. The molecule has 1 N–H and O–H groups in total. The maximum absolute atomic E-state index is 10.8. The molecule has 4 rings (SSSR count). The van der Waals surface area contributed by atoms with E-state index in [1.165, 1.54) is 0 Å². The summed E-state index contributed by atoms with van der Waals surface area (Å²) in [6.45, 7) is 4.54. The molecule has 0 unspecified atom stereocenters. The quantitative estimate of drug-likeness (QED) is 0.345. The van der Waals surface area contributed by atoms with Gasteiger partial charge in [-0.05, 0) is 50.6 Å². The number of fused-ring (bicyclic) bond motifs is 1. The first-order valence-corrected chi connectivity index (χ1v) is 11.2. The van der Waals surface area contributed by atoms with Gasteiger partial charge in [0.2, 0.25) is 0 Å². The van der Waals surface area contributed by atoms with Gasteiger partial charge in [-0.25, -0.2) is 9.97 Å². The maximum atomic E-state index is 10.8. The van der Waals surface area contributed by atoms with Crippen molar-refractivity contribution < 1.29 is 14.6 Å². The Morgan fingerprint density at radius 2 is 2.10 bits per heavy atom. The zero-order valence-corrected chi connectivity index (χ0v) is 18.8. The molecule has 0 spiro atoms. The van der Waals surface area contributed by atoms with E-state index in [9.17, 15) is 4.79 Å². The largest absolute Gasteiger partial charge is 0.489 e. The lowest BCUT2D eigenvalue weighted by Gasteiger charge is -2.11. The Kier molecular flexibility index (Phi) is 6.25. The molecule has 0 amide bonds. The number of aliphatic carboxylic acids is 1. The Morgan fingerprint density at radius 3 is 2.84 bits per heavy atom. The SMILES string of the molecule is CC(C)Oc1ccc(-c2ncc(-c3ccnc4c3ccn4CCCC(=O)O)s2)cc1Cl. The second kappa shape index (κ2) is 9.08. The molecule has 4 aromatic rings. The molecule has 0 fully saturated rings. The number of halogens is 1. The standard InChI is InChI=1S/C23H22ClN3O3S/c1-14(2)30-19-6-5-15(12-18(19)24)23-26-13-20(31-23)16-7-9-25-22-17(16)8-11-27(22)10-3-4-21(28)29/h5-9,11-14H,3-4,10H2,1-2H3,(H,28,29). The highest BCUT2D eigenvalue weighted by atomic mass is 35.5. The third kappa shape index (κ3) is 4.73. The highest BCUT2D eigenvalue weighted by molar-refractivity contribution is 7.18. The van der Waals surface area contributed by atoms with E-state index in [1.807, 2.05) is 61.1 Å². The van der Waals surface area contributed by atoms with Gasteiger partial charge in [-0.3, -0.25) is 4.79 Å². The van der Waals surface area contributed by atoms with Crippen molar-refractivity contribution in [3.63, 3.8) is 0 Å². The van der Waals surface area contributed by atoms with Crippen LogP contribution < -0.4 is 4.74 Å². The van der Waals surface area contributed by atoms with Gasteiger partial charge in [-0.15, -0.1) is 11.3 Å². The lowest BCUT2D eigenvalue weighted by Crippen LogP contribution is -2.05. The molecule has 6 nitrogen and oxygen atoms in total. The number of carbonyl (C=O) groups is 1. The molecule has 3 aromatic heterocycles. The van der Waals surface area contributed by atoms with Crippen LogP contribution in [0.3, 0.4) is 0 Å². The van der Waals surface area contributed by atoms with E-state index in [0.29, 0.717) is 23.7 Å². The summed E-state index contributed by atoms with van der Waals surface area (Å²) in [5.41, 5.74) is 2.83. The number of carboxylic acids is 1. The van der Waals surface area contributed by atoms with Gasteiger partial charge in [-0.1, -0.05) is 11.6 Å². The van der Waals surface area contributed by atoms with E-state index in [2.05, 4.69) is 9.97 Å². The lowest BCUT2D eigenvalue weighted by atomic mass is 10.1. The first kappa shape index (κ1) is 21.3.